The number of benzene rings is 1. The van der Waals surface area contributed by atoms with E-state index < -0.39 is 0 Å². The fourth-order valence-electron chi connectivity index (χ4n) is 1.12. The summed E-state index contributed by atoms with van der Waals surface area (Å²) in [4.78, 5) is 3.68. The van der Waals surface area contributed by atoms with E-state index >= 15 is 0 Å². The minimum atomic E-state index is 1.16. The molecule has 1 nitrogen and oxygen atoms in total. The Morgan fingerprint density at radius 3 is 2.54 bits per heavy atom. The molecule has 13 heavy (non-hydrogen) atoms. The van der Waals surface area contributed by atoms with Gasteiger partial charge in [-0.2, -0.15) is 0 Å². The van der Waals surface area contributed by atoms with Crippen LogP contribution in [0.5, 0.6) is 0 Å². The van der Waals surface area contributed by atoms with Gasteiger partial charge in [0.25, 0.3) is 0 Å². The van der Waals surface area contributed by atoms with Crippen molar-refractivity contribution in [1.82, 2.24) is 0 Å². The first-order valence-corrected chi connectivity index (χ1v) is 4.22. The van der Waals surface area contributed by atoms with Gasteiger partial charge < -0.3 is 0 Å². The summed E-state index contributed by atoms with van der Waals surface area (Å²) in [6.45, 7) is 5.41. The van der Waals surface area contributed by atoms with E-state index in [2.05, 4.69) is 29.9 Å². The lowest BCUT2D eigenvalue weighted by Crippen LogP contribution is -1.78. The van der Waals surface area contributed by atoms with Crippen LogP contribution in [0.15, 0.2) is 53.7 Å². The van der Waals surface area contributed by atoms with Gasteiger partial charge in [-0.15, -0.1) is 0 Å². The van der Waals surface area contributed by atoms with Gasteiger partial charge in [0.15, 0.2) is 0 Å². The first-order chi connectivity index (χ1) is 6.38. The standard InChI is InChI=1S/C12H13N/c1-3-11(9-10-13-2)12-7-5-4-6-8-12/h3-10H,2H2,1H3/b10-9-,11-3+. The second-order valence-electron chi connectivity index (χ2n) is 2.61. The Morgan fingerprint density at radius 2 is 2.00 bits per heavy atom. The number of rotatable bonds is 3. The smallest absolute Gasteiger partial charge is 0.0266 e. The summed E-state index contributed by atoms with van der Waals surface area (Å²) >= 11 is 0. The summed E-state index contributed by atoms with van der Waals surface area (Å²) in [6.07, 6.45) is 5.70. The van der Waals surface area contributed by atoms with E-state index in [-0.39, 0.29) is 0 Å². The monoisotopic (exact) mass is 171 g/mol. The van der Waals surface area contributed by atoms with Crippen molar-refractivity contribution in [2.75, 3.05) is 0 Å². The highest BCUT2D eigenvalue weighted by Gasteiger charge is 1.92. The maximum absolute atomic E-state index is 3.68. The van der Waals surface area contributed by atoms with Gasteiger partial charge in [0, 0.05) is 6.20 Å². The van der Waals surface area contributed by atoms with Crippen LogP contribution in [0, 0.1) is 0 Å². The third kappa shape index (κ3) is 2.71. The second kappa shape index (κ2) is 5.09. The van der Waals surface area contributed by atoms with Gasteiger partial charge in [0.05, 0.1) is 0 Å². The van der Waals surface area contributed by atoms with Crippen molar-refractivity contribution in [2.24, 2.45) is 4.99 Å². The third-order valence-corrected chi connectivity index (χ3v) is 1.78. The molecule has 0 saturated carbocycles. The van der Waals surface area contributed by atoms with Gasteiger partial charge in [0.2, 0.25) is 0 Å². The quantitative estimate of drug-likeness (QED) is 0.488. The molecule has 66 valence electrons. The van der Waals surface area contributed by atoms with Crippen LogP contribution in [0.1, 0.15) is 12.5 Å². The molecule has 1 aromatic carbocycles. The second-order valence-corrected chi connectivity index (χ2v) is 2.61. The molecule has 1 rings (SSSR count). The van der Waals surface area contributed by atoms with Crippen LogP contribution < -0.4 is 0 Å². The van der Waals surface area contributed by atoms with Gasteiger partial charge in [0.1, 0.15) is 0 Å². The van der Waals surface area contributed by atoms with Gasteiger partial charge in [-0.3, -0.25) is 4.99 Å². The molecule has 0 aliphatic carbocycles. The normalized spacial score (nSPS) is 11.9. The number of nitrogens with zero attached hydrogens (tertiary/aromatic N) is 1. The molecule has 1 aromatic rings. The minimum absolute atomic E-state index is 1.16. The molecular weight excluding hydrogens is 158 g/mol. The van der Waals surface area contributed by atoms with E-state index in [0.29, 0.717) is 0 Å². The number of aliphatic imine (C=N–C) groups is 1. The minimum Gasteiger partial charge on any atom is -0.272 e. The lowest BCUT2D eigenvalue weighted by Gasteiger charge is -1.99. The molecule has 0 aliphatic rings. The first kappa shape index (κ1) is 9.46. The highest BCUT2D eigenvalue weighted by Crippen LogP contribution is 2.14. The van der Waals surface area contributed by atoms with Crippen LogP contribution in [0.4, 0.5) is 0 Å². The van der Waals surface area contributed by atoms with E-state index in [1.807, 2.05) is 31.2 Å². The highest BCUT2D eigenvalue weighted by atomic mass is 14.6. The number of hydrogen-bond acceptors (Lipinski definition) is 1. The molecule has 0 fully saturated rings. The third-order valence-electron chi connectivity index (χ3n) is 1.78. The SMILES string of the molecule is C=N/C=C\C(=C/C)c1ccccc1. The summed E-state index contributed by atoms with van der Waals surface area (Å²) in [7, 11) is 0. The molecule has 0 radical (unpaired) electrons. The summed E-state index contributed by atoms with van der Waals surface area (Å²) in [5, 5.41) is 0. The first-order valence-electron chi connectivity index (χ1n) is 4.22. The van der Waals surface area contributed by atoms with E-state index in [9.17, 15) is 0 Å². The number of hydrogen-bond donors (Lipinski definition) is 0. The van der Waals surface area contributed by atoms with Crippen molar-refractivity contribution in [1.29, 1.82) is 0 Å². The molecule has 0 aliphatic heterocycles. The van der Waals surface area contributed by atoms with E-state index in [1.54, 1.807) is 6.20 Å². The molecule has 0 heterocycles. The fourth-order valence-corrected chi connectivity index (χ4v) is 1.12. The molecule has 1 heteroatoms. The molecule has 0 unspecified atom stereocenters. The Balaban J connectivity index is 2.92. The Bertz CT molecular complexity index is 320. The molecule has 0 saturated heterocycles. The molecule has 0 spiro atoms. The van der Waals surface area contributed by atoms with E-state index in [0.717, 1.165) is 5.57 Å². The maximum atomic E-state index is 3.68. The zero-order chi connectivity index (χ0) is 9.52. The molecule has 0 bridgehead atoms. The fraction of sp³-hybridized carbons (Fsp3) is 0.0833. The Kier molecular flexibility index (Phi) is 3.71. The van der Waals surface area contributed by atoms with Crippen molar-refractivity contribution in [3.8, 4) is 0 Å². The average Bonchev–Trinajstić information content (AvgIpc) is 2.21. The topological polar surface area (TPSA) is 12.4 Å². The average molecular weight is 171 g/mol. The van der Waals surface area contributed by atoms with Gasteiger partial charge in [-0.25, -0.2) is 0 Å². The molecule has 0 atom stereocenters. The Labute approximate surface area is 79.1 Å². The van der Waals surface area contributed by atoms with Crippen LogP contribution in [0.25, 0.3) is 5.57 Å². The van der Waals surface area contributed by atoms with E-state index in [1.165, 1.54) is 5.56 Å². The summed E-state index contributed by atoms with van der Waals surface area (Å²) in [6, 6.07) is 10.2. The molecule has 0 N–H and O–H groups in total. The van der Waals surface area contributed by atoms with E-state index in [4.69, 9.17) is 0 Å². The summed E-state index contributed by atoms with van der Waals surface area (Å²) < 4.78 is 0. The van der Waals surface area contributed by atoms with Gasteiger partial charge in [-0.1, -0.05) is 36.4 Å². The Hall–Kier alpha value is -1.63. The zero-order valence-corrected chi connectivity index (χ0v) is 7.77. The van der Waals surface area contributed by atoms with Crippen LogP contribution >= 0.6 is 0 Å². The predicted octanol–water partition coefficient (Wildman–Crippen LogP) is 3.30. The Morgan fingerprint density at radius 1 is 1.31 bits per heavy atom. The predicted molar refractivity (Wildman–Crippen MR) is 58.8 cm³/mol. The maximum Gasteiger partial charge on any atom is 0.0266 e. The van der Waals surface area contributed by atoms with Crippen LogP contribution in [-0.2, 0) is 0 Å². The lowest BCUT2D eigenvalue weighted by molar-refractivity contribution is 1.56. The molecule has 0 amide bonds. The summed E-state index contributed by atoms with van der Waals surface area (Å²) in [5.41, 5.74) is 2.36. The summed E-state index contributed by atoms with van der Waals surface area (Å²) in [5.74, 6) is 0. The van der Waals surface area contributed by atoms with Crippen molar-refractivity contribution in [3.05, 3.63) is 54.2 Å². The molecule has 0 aromatic heterocycles. The van der Waals surface area contributed by atoms with Gasteiger partial charge >= 0.3 is 0 Å². The lowest BCUT2D eigenvalue weighted by atomic mass is 10.1. The van der Waals surface area contributed by atoms with Crippen LogP contribution in [0.3, 0.4) is 0 Å². The van der Waals surface area contributed by atoms with Crippen molar-refractivity contribution >= 4 is 12.3 Å². The zero-order valence-electron chi connectivity index (χ0n) is 7.77. The number of allylic oxidation sites excluding steroid dienone is 3. The van der Waals surface area contributed by atoms with Crippen molar-refractivity contribution in [3.63, 3.8) is 0 Å². The van der Waals surface area contributed by atoms with Gasteiger partial charge in [-0.05, 0) is 30.9 Å². The van der Waals surface area contributed by atoms with Crippen LogP contribution in [0.2, 0.25) is 0 Å². The van der Waals surface area contributed by atoms with Crippen molar-refractivity contribution < 1.29 is 0 Å². The largest absolute Gasteiger partial charge is 0.272 e. The van der Waals surface area contributed by atoms with Crippen molar-refractivity contribution in [2.45, 2.75) is 6.92 Å². The highest BCUT2D eigenvalue weighted by molar-refractivity contribution is 5.73. The molecular formula is C12H13N. The van der Waals surface area contributed by atoms with Crippen LogP contribution in [-0.4, -0.2) is 6.72 Å².